The molecule has 0 fully saturated rings. The molecule has 3 aromatic carbocycles. The van der Waals surface area contributed by atoms with E-state index in [0.29, 0.717) is 0 Å². The summed E-state index contributed by atoms with van der Waals surface area (Å²) in [5.74, 6) is -0.981. The number of nitro groups is 2. The van der Waals surface area contributed by atoms with E-state index < -0.39 is 36.4 Å². The van der Waals surface area contributed by atoms with Gasteiger partial charge >= 0.3 is 5.97 Å². The Hall–Kier alpha value is -5.25. The molecule has 0 aliphatic carbocycles. The number of benzene rings is 3. The van der Waals surface area contributed by atoms with Crippen LogP contribution in [-0.4, -0.2) is 42.3 Å². The van der Waals surface area contributed by atoms with Crippen molar-refractivity contribution in [2.45, 2.75) is 4.90 Å². The van der Waals surface area contributed by atoms with Gasteiger partial charge in [-0.3, -0.25) is 30.4 Å². The Morgan fingerprint density at radius 2 is 1.70 bits per heavy atom. The maximum absolute atomic E-state index is 13.1. The highest BCUT2D eigenvalue weighted by molar-refractivity contribution is 7.93. The van der Waals surface area contributed by atoms with E-state index in [1.807, 2.05) is 0 Å². The number of fused-ring (bicyclic) bond motifs is 1. The number of carboxylic acid groups (broad SMARTS) is 1. The average molecular weight is 529 g/mol. The molecule has 0 spiro atoms. The van der Waals surface area contributed by atoms with Crippen LogP contribution in [0.4, 0.5) is 22.7 Å². The van der Waals surface area contributed by atoms with Crippen LogP contribution < -0.4 is 19.6 Å². The molecule has 0 unspecified atom stereocenters. The topological polar surface area (TPSA) is 213 Å². The number of para-hydroxylation sites is 1. The van der Waals surface area contributed by atoms with Gasteiger partial charge in [0.1, 0.15) is 4.90 Å². The zero-order valence-corrected chi connectivity index (χ0v) is 19.2. The fraction of sp³-hybridized carbons (Fsp3) is 0.0476. The van der Waals surface area contributed by atoms with Crippen molar-refractivity contribution in [1.29, 1.82) is 0 Å². The lowest BCUT2D eigenvalue weighted by Crippen LogP contribution is -2.17. The minimum absolute atomic E-state index is 0.00146. The summed E-state index contributed by atoms with van der Waals surface area (Å²) in [4.78, 5) is 32.0. The van der Waals surface area contributed by atoms with Crippen LogP contribution in [0.5, 0.6) is 11.5 Å². The molecule has 1 aliphatic rings. The number of sulfonamides is 1. The summed E-state index contributed by atoms with van der Waals surface area (Å²) in [6.07, 6.45) is 1.03. The Bertz CT molecular complexity index is 1570. The summed E-state index contributed by atoms with van der Waals surface area (Å²) in [7, 11) is -4.58. The molecule has 1 heterocycles. The first kappa shape index (κ1) is 24.9. The Morgan fingerprint density at radius 3 is 2.38 bits per heavy atom. The van der Waals surface area contributed by atoms with E-state index in [2.05, 4.69) is 15.2 Å². The van der Waals surface area contributed by atoms with E-state index in [0.717, 1.165) is 30.5 Å². The standard InChI is InChI=1S/C21H15N5O10S/c27-21(28)14-3-1-2-4-15(14)24-37(33,34)20-8-13(25(29)30)5-6-16(20)23-22-10-12-7-18-19(36-11-35-18)9-17(12)26(31)32/h1-10,23-24H,11H2,(H,27,28). The van der Waals surface area contributed by atoms with Crippen LogP contribution in [0.2, 0.25) is 0 Å². The molecule has 0 atom stereocenters. The van der Waals surface area contributed by atoms with Gasteiger partial charge in [-0.05, 0) is 24.3 Å². The number of ether oxygens (including phenoxy) is 2. The van der Waals surface area contributed by atoms with E-state index in [-0.39, 0.29) is 46.5 Å². The van der Waals surface area contributed by atoms with E-state index in [1.165, 1.54) is 30.3 Å². The maximum atomic E-state index is 13.1. The van der Waals surface area contributed by atoms with Gasteiger partial charge in [-0.2, -0.15) is 5.10 Å². The third-order valence-electron chi connectivity index (χ3n) is 4.97. The number of anilines is 2. The van der Waals surface area contributed by atoms with Crippen LogP contribution in [0.1, 0.15) is 15.9 Å². The number of carbonyl (C=O) groups is 1. The van der Waals surface area contributed by atoms with Crippen LogP contribution in [0.25, 0.3) is 0 Å². The number of non-ortho nitro benzene ring substituents is 1. The molecule has 37 heavy (non-hydrogen) atoms. The monoisotopic (exact) mass is 529 g/mol. The molecule has 3 aromatic rings. The Balaban J connectivity index is 1.70. The molecule has 16 heteroatoms. The molecule has 3 N–H and O–H groups in total. The lowest BCUT2D eigenvalue weighted by molar-refractivity contribution is -0.385. The Kier molecular flexibility index (Phi) is 6.57. The summed E-state index contributed by atoms with van der Waals surface area (Å²) in [5.41, 5.74) is 0.634. The van der Waals surface area contributed by atoms with Crippen molar-refractivity contribution < 1.29 is 37.6 Å². The molecule has 0 radical (unpaired) electrons. The minimum Gasteiger partial charge on any atom is -0.478 e. The van der Waals surface area contributed by atoms with Crippen molar-refractivity contribution in [3.63, 3.8) is 0 Å². The van der Waals surface area contributed by atoms with Gasteiger partial charge in [0.2, 0.25) is 6.79 Å². The second-order valence-corrected chi connectivity index (χ2v) is 8.94. The quantitative estimate of drug-likeness (QED) is 0.208. The summed E-state index contributed by atoms with van der Waals surface area (Å²) >= 11 is 0. The molecule has 0 amide bonds. The van der Waals surface area contributed by atoms with Crippen LogP contribution in [0.15, 0.2) is 64.6 Å². The Labute approximate surface area is 207 Å². The number of nitro benzene ring substituents is 2. The van der Waals surface area contributed by atoms with E-state index in [1.54, 1.807) is 0 Å². The maximum Gasteiger partial charge on any atom is 0.337 e. The highest BCUT2D eigenvalue weighted by Gasteiger charge is 2.25. The highest BCUT2D eigenvalue weighted by Crippen LogP contribution is 2.37. The lowest BCUT2D eigenvalue weighted by Gasteiger charge is -2.13. The van der Waals surface area contributed by atoms with Crippen molar-refractivity contribution >= 4 is 45.0 Å². The van der Waals surface area contributed by atoms with Gasteiger partial charge in [0.25, 0.3) is 21.4 Å². The van der Waals surface area contributed by atoms with Crippen molar-refractivity contribution in [2.75, 3.05) is 16.9 Å². The summed E-state index contributed by atoms with van der Waals surface area (Å²) in [6.45, 7) is -0.118. The van der Waals surface area contributed by atoms with Crippen LogP contribution >= 0.6 is 0 Å². The van der Waals surface area contributed by atoms with Gasteiger partial charge in [-0.25, -0.2) is 13.2 Å². The molecule has 0 saturated heterocycles. The van der Waals surface area contributed by atoms with Gasteiger partial charge in [0.05, 0.1) is 44.6 Å². The summed E-state index contributed by atoms with van der Waals surface area (Å²) in [5, 5.41) is 35.9. The third kappa shape index (κ3) is 5.22. The summed E-state index contributed by atoms with van der Waals surface area (Å²) in [6, 6.07) is 10.5. The van der Waals surface area contributed by atoms with Crippen molar-refractivity contribution in [3.05, 3.63) is 86.0 Å². The first-order valence-electron chi connectivity index (χ1n) is 10.1. The number of nitrogens with zero attached hydrogens (tertiary/aromatic N) is 3. The fourth-order valence-corrected chi connectivity index (χ4v) is 4.53. The molecular weight excluding hydrogens is 514 g/mol. The number of hydrogen-bond donors (Lipinski definition) is 3. The van der Waals surface area contributed by atoms with Gasteiger partial charge in [-0.1, -0.05) is 12.1 Å². The van der Waals surface area contributed by atoms with Crippen molar-refractivity contribution in [3.8, 4) is 11.5 Å². The van der Waals surface area contributed by atoms with Gasteiger partial charge in [-0.15, -0.1) is 0 Å². The Morgan fingerprint density at radius 1 is 1.00 bits per heavy atom. The number of aromatic carboxylic acids is 1. The minimum atomic E-state index is -4.58. The van der Waals surface area contributed by atoms with Crippen LogP contribution in [0.3, 0.4) is 0 Å². The third-order valence-corrected chi connectivity index (χ3v) is 6.38. The molecule has 1 aliphatic heterocycles. The average Bonchev–Trinajstić information content (AvgIpc) is 3.31. The normalized spacial score (nSPS) is 12.3. The molecule has 0 aromatic heterocycles. The van der Waals surface area contributed by atoms with E-state index >= 15 is 0 Å². The van der Waals surface area contributed by atoms with Crippen molar-refractivity contribution in [1.82, 2.24) is 0 Å². The molecule has 0 bridgehead atoms. The number of nitrogens with one attached hydrogen (secondary N) is 2. The molecule has 190 valence electrons. The van der Waals surface area contributed by atoms with Crippen LogP contribution in [0, 0.1) is 20.2 Å². The SMILES string of the molecule is O=C(O)c1ccccc1NS(=O)(=O)c1cc([N+](=O)[O-])ccc1NN=Cc1cc2c(cc1[N+](=O)[O-])OCO2. The first-order valence-corrected chi connectivity index (χ1v) is 11.6. The predicted octanol–water partition coefficient (Wildman–Crippen LogP) is 3.18. The zero-order valence-electron chi connectivity index (χ0n) is 18.4. The van der Waals surface area contributed by atoms with E-state index in [4.69, 9.17) is 9.47 Å². The zero-order chi connectivity index (χ0) is 26.7. The summed E-state index contributed by atoms with van der Waals surface area (Å²) < 4.78 is 38.7. The largest absolute Gasteiger partial charge is 0.478 e. The van der Waals surface area contributed by atoms with Crippen molar-refractivity contribution in [2.24, 2.45) is 5.10 Å². The second-order valence-electron chi connectivity index (χ2n) is 7.29. The first-order chi connectivity index (χ1) is 17.6. The number of hydrazone groups is 1. The second kappa shape index (κ2) is 9.78. The fourth-order valence-electron chi connectivity index (χ4n) is 3.28. The van der Waals surface area contributed by atoms with Gasteiger partial charge < -0.3 is 14.6 Å². The van der Waals surface area contributed by atoms with E-state index in [9.17, 15) is 38.5 Å². The molecular formula is C21H15N5O10S. The number of rotatable bonds is 9. The number of hydrogen-bond acceptors (Lipinski definition) is 11. The smallest absolute Gasteiger partial charge is 0.337 e. The molecule has 0 saturated carbocycles. The number of carboxylic acids is 1. The highest BCUT2D eigenvalue weighted by atomic mass is 32.2. The molecule has 15 nitrogen and oxygen atoms in total. The molecule has 4 rings (SSSR count). The van der Waals surface area contributed by atoms with Gasteiger partial charge in [0, 0.05) is 12.1 Å². The predicted molar refractivity (Wildman–Crippen MR) is 128 cm³/mol. The lowest BCUT2D eigenvalue weighted by atomic mass is 10.1. The van der Waals surface area contributed by atoms with Crippen LogP contribution in [-0.2, 0) is 10.0 Å². The van der Waals surface area contributed by atoms with Gasteiger partial charge in [0.15, 0.2) is 11.5 Å².